The Morgan fingerprint density at radius 3 is 2.70 bits per heavy atom. The van der Waals surface area contributed by atoms with Crippen LogP contribution in [0.2, 0.25) is 0 Å². The summed E-state index contributed by atoms with van der Waals surface area (Å²) in [5.41, 5.74) is 2.02. The van der Waals surface area contributed by atoms with E-state index in [1.807, 2.05) is 19.2 Å². The van der Waals surface area contributed by atoms with Gasteiger partial charge in [-0.1, -0.05) is 6.92 Å². The molecule has 0 spiro atoms. The van der Waals surface area contributed by atoms with E-state index in [2.05, 4.69) is 10.1 Å². The number of carbonyl (C=O) groups is 1. The van der Waals surface area contributed by atoms with Gasteiger partial charge in [0.2, 0.25) is 0 Å². The van der Waals surface area contributed by atoms with Crippen molar-refractivity contribution in [2.75, 3.05) is 13.1 Å². The number of halogens is 3. The summed E-state index contributed by atoms with van der Waals surface area (Å²) in [7, 11) is 0. The summed E-state index contributed by atoms with van der Waals surface area (Å²) in [4.78, 5) is 20.2. The lowest BCUT2D eigenvalue weighted by molar-refractivity contribution is -0.142. The number of hydrogen-bond donors (Lipinski definition) is 0. The fraction of sp³-hybridized carbons (Fsp3) is 0.476. The van der Waals surface area contributed by atoms with Crippen molar-refractivity contribution in [3.05, 3.63) is 50.6 Å². The van der Waals surface area contributed by atoms with Crippen molar-refractivity contribution in [1.29, 1.82) is 0 Å². The maximum Gasteiger partial charge on any atom is 0.433 e. The Bertz CT molecular complexity index is 1100. The second-order valence-electron chi connectivity index (χ2n) is 7.74. The molecule has 0 N–H and O–H groups in total. The first kappa shape index (κ1) is 20.8. The number of aryl methyl sites for hydroxylation is 2. The largest absolute Gasteiger partial charge is 0.433 e. The molecule has 1 saturated heterocycles. The minimum atomic E-state index is -4.52. The van der Waals surface area contributed by atoms with Crippen molar-refractivity contribution in [2.24, 2.45) is 0 Å². The van der Waals surface area contributed by atoms with Gasteiger partial charge < -0.3 is 4.90 Å². The molecule has 0 unspecified atom stereocenters. The molecule has 160 valence electrons. The third-order valence-electron chi connectivity index (χ3n) is 5.79. The molecule has 0 aliphatic carbocycles. The summed E-state index contributed by atoms with van der Waals surface area (Å²) < 4.78 is 41.5. The van der Waals surface area contributed by atoms with Crippen LogP contribution in [0.1, 0.15) is 63.6 Å². The predicted octanol–water partition coefficient (Wildman–Crippen LogP) is 5.01. The molecule has 1 aliphatic heterocycles. The second kappa shape index (κ2) is 7.68. The molecule has 0 aromatic carbocycles. The molecule has 5 nitrogen and oxygen atoms in total. The number of hydrogen-bond acceptors (Lipinski definition) is 4. The number of fused-ring (bicyclic) bond motifs is 1. The number of amides is 1. The van der Waals surface area contributed by atoms with Crippen molar-refractivity contribution in [2.45, 2.75) is 52.1 Å². The van der Waals surface area contributed by atoms with Crippen LogP contribution in [-0.4, -0.2) is 38.5 Å². The lowest BCUT2D eigenvalue weighted by atomic mass is 9.94. The van der Waals surface area contributed by atoms with E-state index in [9.17, 15) is 18.0 Å². The summed E-state index contributed by atoms with van der Waals surface area (Å²) >= 11 is 1.55. The van der Waals surface area contributed by atoms with Gasteiger partial charge in [0.25, 0.3) is 5.91 Å². The Morgan fingerprint density at radius 2 is 2.07 bits per heavy atom. The van der Waals surface area contributed by atoms with E-state index in [1.54, 1.807) is 29.2 Å². The van der Waals surface area contributed by atoms with Crippen LogP contribution in [-0.2, 0) is 12.6 Å². The number of carbonyl (C=O) groups excluding carboxylic acids is 1. The lowest BCUT2D eigenvalue weighted by Crippen LogP contribution is -2.39. The van der Waals surface area contributed by atoms with Gasteiger partial charge in [-0.3, -0.25) is 4.79 Å². The van der Waals surface area contributed by atoms with E-state index in [1.165, 1.54) is 0 Å². The summed E-state index contributed by atoms with van der Waals surface area (Å²) in [5.74, 6) is -0.136. The van der Waals surface area contributed by atoms with Crippen LogP contribution in [0.25, 0.3) is 5.65 Å². The van der Waals surface area contributed by atoms with Crippen LogP contribution >= 0.6 is 11.3 Å². The molecule has 1 atom stereocenters. The van der Waals surface area contributed by atoms with E-state index >= 15 is 0 Å². The van der Waals surface area contributed by atoms with Crippen molar-refractivity contribution in [3.63, 3.8) is 0 Å². The maximum atomic E-state index is 13.5. The molecule has 1 amide bonds. The molecule has 1 aliphatic rings. The molecule has 4 heterocycles. The molecule has 4 rings (SSSR count). The average Bonchev–Trinajstić information content (AvgIpc) is 3.29. The van der Waals surface area contributed by atoms with E-state index in [4.69, 9.17) is 0 Å². The van der Waals surface area contributed by atoms with E-state index in [0.29, 0.717) is 36.5 Å². The minimum Gasteiger partial charge on any atom is -0.338 e. The van der Waals surface area contributed by atoms with Crippen LogP contribution in [0.5, 0.6) is 0 Å². The summed E-state index contributed by atoms with van der Waals surface area (Å²) in [6.07, 6.45) is -2.55. The summed E-state index contributed by atoms with van der Waals surface area (Å²) in [6.45, 7) is 6.79. The monoisotopic (exact) mass is 436 g/mol. The number of alkyl halides is 3. The molecule has 30 heavy (non-hydrogen) atoms. The van der Waals surface area contributed by atoms with E-state index in [0.717, 1.165) is 33.9 Å². The summed E-state index contributed by atoms with van der Waals surface area (Å²) in [6, 6.07) is 2.69. The Hall–Kier alpha value is -2.42. The van der Waals surface area contributed by atoms with Gasteiger partial charge in [-0.05, 0) is 44.7 Å². The fourth-order valence-corrected chi connectivity index (χ4v) is 4.78. The standard InChI is InChI=1S/C21H23F3N4OS/c1-4-15-8-18(21(22,23)24)28-19(25-15)9-17(26-28)14-6-5-7-27(10-14)20(29)16-11-30-13(3)12(16)2/h8-9,11,14H,4-7,10H2,1-3H3/t14-/m0/s1. The van der Waals surface area contributed by atoms with Gasteiger partial charge in [-0.2, -0.15) is 18.3 Å². The van der Waals surface area contributed by atoms with Crippen molar-refractivity contribution < 1.29 is 18.0 Å². The van der Waals surface area contributed by atoms with Crippen LogP contribution in [0, 0.1) is 13.8 Å². The zero-order valence-corrected chi connectivity index (χ0v) is 17.9. The van der Waals surface area contributed by atoms with Crippen molar-refractivity contribution >= 4 is 22.9 Å². The second-order valence-corrected chi connectivity index (χ2v) is 8.83. The van der Waals surface area contributed by atoms with Gasteiger partial charge in [-0.15, -0.1) is 11.3 Å². The third kappa shape index (κ3) is 3.71. The van der Waals surface area contributed by atoms with Gasteiger partial charge in [0.15, 0.2) is 5.65 Å². The fourth-order valence-electron chi connectivity index (χ4n) is 3.92. The quantitative estimate of drug-likeness (QED) is 0.580. The van der Waals surface area contributed by atoms with Gasteiger partial charge >= 0.3 is 6.18 Å². The molecule has 0 bridgehead atoms. The van der Waals surface area contributed by atoms with Crippen molar-refractivity contribution in [1.82, 2.24) is 19.5 Å². The molecule has 1 fully saturated rings. The van der Waals surface area contributed by atoms with Gasteiger partial charge in [-0.25, -0.2) is 9.50 Å². The molecular weight excluding hydrogens is 413 g/mol. The normalized spacial score (nSPS) is 17.7. The average molecular weight is 437 g/mol. The van der Waals surface area contributed by atoms with E-state index < -0.39 is 11.9 Å². The Morgan fingerprint density at radius 1 is 1.30 bits per heavy atom. The highest BCUT2D eigenvalue weighted by Gasteiger charge is 2.36. The van der Waals surface area contributed by atoms with Crippen LogP contribution in [0.15, 0.2) is 17.5 Å². The minimum absolute atomic E-state index is 0.0207. The molecule has 3 aromatic heterocycles. The van der Waals surface area contributed by atoms with Gasteiger partial charge in [0.1, 0.15) is 5.69 Å². The highest BCUT2D eigenvalue weighted by molar-refractivity contribution is 7.10. The predicted molar refractivity (Wildman–Crippen MR) is 109 cm³/mol. The van der Waals surface area contributed by atoms with Gasteiger partial charge in [0.05, 0.1) is 11.3 Å². The third-order valence-corrected chi connectivity index (χ3v) is 6.81. The number of rotatable bonds is 3. The maximum absolute atomic E-state index is 13.5. The lowest BCUT2D eigenvalue weighted by Gasteiger charge is -2.32. The SMILES string of the molecule is CCc1cc(C(F)(F)F)n2nc([C@H]3CCCN(C(=O)c4csc(C)c4C)C3)cc2n1. The highest BCUT2D eigenvalue weighted by Crippen LogP contribution is 2.33. The van der Waals surface area contributed by atoms with E-state index in [-0.39, 0.29) is 17.5 Å². The zero-order valence-electron chi connectivity index (χ0n) is 17.1. The number of nitrogens with zero attached hydrogens (tertiary/aromatic N) is 4. The van der Waals surface area contributed by atoms with Crippen LogP contribution in [0.3, 0.4) is 0 Å². The van der Waals surface area contributed by atoms with Crippen LogP contribution in [0.4, 0.5) is 13.2 Å². The van der Waals surface area contributed by atoms with Gasteiger partial charge in [0, 0.05) is 41.0 Å². The number of thiophene rings is 1. The number of likely N-dealkylation sites (tertiary alicyclic amines) is 1. The zero-order chi connectivity index (χ0) is 21.6. The first-order valence-electron chi connectivity index (χ1n) is 9.99. The van der Waals surface area contributed by atoms with Crippen molar-refractivity contribution in [3.8, 4) is 0 Å². The Labute approximate surface area is 176 Å². The Kier molecular flexibility index (Phi) is 5.34. The highest BCUT2D eigenvalue weighted by atomic mass is 32.1. The number of aromatic nitrogens is 3. The van der Waals surface area contributed by atoms with Crippen LogP contribution < -0.4 is 0 Å². The summed E-state index contributed by atoms with van der Waals surface area (Å²) in [5, 5.41) is 6.15. The topological polar surface area (TPSA) is 50.5 Å². The molecule has 0 saturated carbocycles. The molecular formula is C21H23F3N4OS. The first-order chi connectivity index (χ1) is 14.2. The first-order valence-corrected chi connectivity index (χ1v) is 10.9. The molecule has 3 aromatic rings. The molecule has 9 heteroatoms. The number of piperidine rings is 1. The molecule has 0 radical (unpaired) electrons. The Balaban J connectivity index is 1.65. The smallest absolute Gasteiger partial charge is 0.338 e.